The number of hydrogen-bond donors (Lipinski definition) is 1. The standard InChI is InChI=1S/C26H28F7N3O3/c1-24(2,3)39-23(38)36-10-9-21(20(14-36)15-5-7-18(27)8-6-15)34-22(37)35(4)19-12-16(25(28,29)30)11-17(13-19)26(31,32)33/h5-8,11-13,20-21H,9-10,14H2,1-4H3,(H,34,37)/t20-,21-/m0/s1. The number of carbonyl (C=O) groups is 2. The number of urea groups is 1. The normalized spacial score (nSPS) is 18.5. The Morgan fingerprint density at radius 1 is 0.949 bits per heavy atom. The Balaban J connectivity index is 1.87. The summed E-state index contributed by atoms with van der Waals surface area (Å²) in [5.41, 5.74) is -3.92. The van der Waals surface area contributed by atoms with E-state index in [2.05, 4.69) is 5.32 Å². The minimum absolute atomic E-state index is 0.0216. The summed E-state index contributed by atoms with van der Waals surface area (Å²) < 4.78 is 98.7. The zero-order chi connectivity index (χ0) is 29.3. The highest BCUT2D eigenvalue weighted by atomic mass is 19.4. The third-order valence-corrected chi connectivity index (χ3v) is 6.14. The molecule has 214 valence electrons. The summed E-state index contributed by atoms with van der Waals surface area (Å²) in [6, 6.07) is 4.61. The topological polar surface area (TPSA) is 61.9 Å². The molecule has 13 heteroatoms. The molecule has 0 aliphatic carbocycles. The van der Waals surface area contributed by atoms with Gasteiger partial charge in [0.1, 0.15) is 11.4 Å². The van der Waals surface area contributed by atoms with Crippen LogP contribution in [0.2, 0.25) is 0 Å². The van der Waals surface area contributed by atoms with Crippen molar-refractivity contribution in [3.05, 3.63) is 65.0 Å². The van der Waals surface area contributed by atoms with Crippen LogP contribution in [-0.2, 0) is 17.1 Å². The molecular weight excluding hydrogens is 535 g/mol. The van der Waals surface area contributed by atoms with Crippen molar-refractivity contribution < 1.29 is 45.1 Å². The van der Waals surface area contributed by atoms with Crippen LogP contribution in [0.15, 0.2) is 42.5 Å². The molecule has 2 aromatic carbocycles. The van der Waals surface area contributed by atoms with Crippen LogP contribution in [0.4, 0.5) is 46.0 Å². The Kier molecular flexibility index (Phi) is 8.42. The molecule has 1 heterocycles. The zero-order valence-corrected chi connectivity index (χ0v) is 21.6. The molecule has 39 heavy (non-hydrogen) atoms. The van der Waals surface area contributed by atoms with Crippen LogP contribution in [0.1, 0.15) is 49.8 Å². The number of ether oxygens (including phenoxy) is 1. The van der Waals surface area contributed by atoms with Crippen LogP contribution in [0.25, 0.3) is 0 Å². The van der Waals surface area contributed by atoms with Crippen molar-refractivity contribution in [1.82, 2.24) is 10.2 Å². The van der Waals surface area contributed by atoms with Crippen molar-refractivity contribution in [3.63, 3.8) is 0 Å². The lowest BCUT2D eigenvalue weighted by Gasteiger charge is -2.40. The van der Waals surface area contributed by atoms with Crippen LogP contribution < -0.4 is 10.2 Å². The van der Waals surface area contributed by atoms with E-state index in [1.807, 2.05) is 0 Å². The number of likely N-dealkylation sites (tertiary alicyclic amines) is 1. The van der Waals surface area contributed by atoms with Crippen LogP contribution in [0.3, 0.4) is 0 Å². The molecule has 0 saturated carbocycles. The van der Waals surface area contributed by atoms with E-state index >= 15 is 0 Å². The fraction of sp³-hybridized carbons (Fsp3) is 0.462. The Morgan fingerprint density at radius 3 is 1.97 bits per heavy atom. The smallest absolute Gasteiger partial charge is 0.416 e. The van der Waals surface area contributed by atoms with Gasteiger partial charge in [-0.25, -0.2) is 14.0 Å². The fourth-order valence-electron chi connectivity index (χ4n) is 4.17. The summed E-state index contributed by atoms with van der Waals surface area (Å²) in [5, 5.41) is 2.66. The van der Waals surface area contributed by atoms with E-state index in [1.54, 1.807) is 20.8 Å². The molecule has 3 rings (SSSR count). The fourth-order valence-corrected chi connectivity index (χ4v) is 4.17. The SMILES string of the molecule is CN(C(=O)N[C@H]1CCN(C(=O)OC(C)(C)C)C[C@H]1c1ccc(F)cc1)c1cc(C(F)(F)F)cc(C(F)(F)F)c1. The van der Waals surface area contributed by atoms with Gasteiger partial charge in [-0.1, -0.05) is 12.1 Å². The Labute approximate surface area is 220 Å². The monoisotopic (exact) mass is 563 g/mol. The maximum absolute atomic E-state index is 13.6. The number of nitrogens with one attached hydrogen (secondary N) is 1. The molecule has 1 saturated heterocycles. The predicted octanol–water partition coefficient (Wildman–Crippen LogP) is 6.80. The lowest BCUT2D eigenvalue weighted by Crippen LogP contribution is -2.54. The number of halogens is 7. The molecule has 6 nitrogen and oxygen atoms in total. The number of rotatable bonds is 3. The van der Waals surface area contributed by atoms with E-state index in [9.17, 15) is 40.3 Å². The average molecular weight is 564 g/mol. The van der Waals surface area contributed by atoms with Gasteiger partial charge >= 0.3 is 24.5 Å². The first-order chi connectivity index (χ1) is 17.8. The highest BCUT2D eigenvalue weighted by Crippen LogP contribution is 2.38. The molecule has 1 fully saturated rings. The molecule has 1 aliphatic rings. The van der Waals surface area contributed by atoms with E-state index in [1.165, 1.54) is 29.2 Å². The van der Waals surface area contributed by atoms with Gasteiger partial charge in [0.2, 0.25) is 0 Å². The van der Waals surface area contributed by atoms with Crippen molar-refractivity contribution in [1.29, 1.82) is 0 Å². The van der Waals surface area contributed by atoms with Crippen molar-refractivity contribution in [2.24, 2.45) is 0 Å². The first-order valence-electron chi connectivity index (χ1n) is 11.9. The third kappa shape index (κ3) is 7.76. The Hall–Kier alpha value is -3.51. The second-order valence-electron chi connectivity index (χ2n) is 10.3. The number of piperidine rings is 1. The van der Waals surface area contributed by atoms with Crippen LogP contribution in [-0.4, -0.2) is 48.8 Å². The molecule has 2 atom stereocenters. The van der Waals surface area contributed by atoms with Crippen molar-refractivity contribution >= 4 is 17.8 Å². The molecule has 2 aromatic rings. The van der Waals surface area contributed by atoms with Gasteiger partial charge in [-0.05, 0) is 63.1 Å². The largest absolute Gasteiger partial charge is 0.444 e. The summed E-state index contributed by atoms with van der Waals surface area (Å²) in [6.45, 7) is 5.31. The summed E-state index contributed by atoms with van der Waals surface area (Å²) in [5.74, 6) is -1.08. The van der Waals surface area contributed by atoms with E-state index < -0.39 is 64.7 Å². The van der Waals surface area contributed by atoms with E-state index in [-0.39, 0.29) is 25.6 Å². The molecular formula is C26H28F7N3O3. The maximum Gasteiger partial charge on any atom is 0.416 e. The summed E-state index contributed by atoms with van der Waals surface area (Å²) in [6.07, 6.45) is -10.6. The first kappa shape index (κ1) is 30.0. The predicted molar refractivity (Wildman–Crippen MR) is 129 cm³/mol. The lowest BCUT2D eigenvalue weighted by molar-refractivity contribution is -0.143. The molecule has 0 spiro atoms. The van der Waals surface area contributed by atoms with Gasteiger partial charge in [-0.2, -0.15) is 26.3 Å². The summed E-state index contributed by atoms with van der Waals surface area (Å²) in [4.78, 5) is 27.8. The highest BCUT2D eigenvalue weighted by Gasteiger charge is 2.39. The van der Waals surface area contributed by atoms with Gasteiger partial charge < -0.3 is 15.0 Å². The number of benzene rings is 2. The van der Waals surface area contributed by atoms with Crippen LogP contribution >= 0.6 is 0 Å². The van der Waals surface area contributed by atoms with Gasteiger partial charge in [0, 0.05) is 37.8 Å². The number of carbonyl (C=O) groups excluding carboxylic acids is 2. The molecule has 1 N–H and O–H groups in total. The zero-order valence-electron chi connectivity index (χ0n) is 21.6. The maximum atomic E-state index is 13.6. The molecule has 0 unspecified atom stereocenters. The van der Waals surface area contributed by atoms with Gasteiger partial charge in [-0.15, -0.1) is 0 Å². The molecule has 0 bridgehead atoms. The highest BCUT2D eigenvalue weighted by molar-refractivity contribution is 5.92. The van der Waals surface area contributed by atoms with E-state index in [4.69, 9.17) is 4.74 Å². The van der Waals surface area contributed by atoms with Crippen LogP contribution in [0.5, 0.6) is 0 Å². The number of amides is 3. The molecule has 0 aromatic heterocycles. The number of anilines is 1. The van der Waals surface area contributed by atoms with E-state index in [0.717, 1.165) is 7.05 Å². The van der Waals surface area contributed by atoms with Crippen molar-refractivity contribution in [2.75, 3.05) is 25.0 Å². The Bertz CT molecular complexity index is 1160. The summed E-state index contributed by atoms with van der Waals surface area (Å²) >= 11 is 0. The minimum Gasteiger partial charge on any atom is -0.444 e. The number of nitrogens with zero attached hydrogens (tertiary/aromatic N) is 2. The van der Waals surface area contributed by atoms with Crippen molar-refractivity contribution in [2.45, 2.75) is 57.1 Å². The van der Waals surface area contributed by atoms with Gasteiger partial charge in [0.05, 0.1) is 11.1 Å². The van der Waals surface area contributed by atoms with Crippen molar-refractivity contribution in [3.8, 4) is 0 Å². The quantitative estimate of drug-likeness (QED) is 0.418. The van der Waals surface area contributed by atoms with Gasteiger partial charge in [-0.3, -0.25) is 4.90 Å². The lowest BCUT2D eigenvalue weighted by atomic mass is 9.86. The number of alkyl halides is 6. The third-order valence-electron chi connectivity index (χ3n) is 6.14. The van der Waals surface area contributed by atoms with Crippen LogP contribution in [0, 0.1) is 5.82 Å². The Morgan fingerprint density at radius 2 is 1.49 bits per heavy atom. The second kappa shape index (κ2) is 10.9. The van der Waals surface area contributed by atoms with Gasteiger partial charge in [0.15, 0.2) is 0 Å². The molecule has 3 amide bonds. The molecule has 1 aliphatic heterocycles. The average Bonchev–Trinajstić information content (AvgIpc) is 2.82. The minimum atomic E-state index is -5.07. The molecule has 0 radical (unpaired) electrons. The first-order valence-corrected chi connectivity index (χ1v) is 11.9. The number of hydrogen-bond acceptors (Lipinski definition) is 3. The second-order valence-corrected chi connectivity index (χ2v) is 10.3. The van der Waals surface area contributed by atoms with Gasteiger partial charge in [0.25, 0.3) is 0 Å². The summed E-state index contributed by atoms with van der Waals surface area (Å²) in [7, 11) is 1.05. The van der Waals surface area contributed by atoms with E-state index in [0.29, 0.717) is 22.6 Å².